The number of para-hydroxylation sites is 3. The predicted octanol–water partition coefficient (Wildman–Crippen LogP) is 3.86. The van der Waals surface area contributed by atoms with E-state index in [-0.39, 0.29) is 0 Å². The normalized spacial score (nSPS) is 9.60. The van der Waals surface area contributed by atoms with Crippen LogP contribution in [-0.2, 0) is 0 Å². The van der Waals surface area contributed by atoms with Crippen molar-refractivity contribution in [1.82, 2.24) is 0 Å². The Morgan fingerprint density at radius 2 is 1.70 bits per heavy atom. The van der Waals surface area contributed by atoms with E-state index < -0.39 is 6.09 Å². The van der Waals surface area contributed by atoms with Gasteiger partial charge in [-0.15, -0.1) is 0 Å². The van der Waals surface area contributed by atoms with Gasteiger partial charge in [-0.25, -0.2) is 4.79 Å². The molecule has 0 unspecified atom stereocenters. The van der Waals surface area contributed by atoms with Gasteiger partial charge in [-0.2, -0.15) is 0 Å². The molecule has 4 nitrogen and oxygen atoms in total. The summed E-state index contributed by atoms with van der Waals surface area (Å²) in [5, 5.41) is 2.64. The first-order chi connectivity index (χ1) is 9.79. The number of benzene rings is 2. The maximum atomic E-state index is 11.8. The Hall–Kier alpha value is -2.75. The second-order valence-electron chi connectivity index (χ2n) is 3.93. The highest BCUT2D eigenvalue weighted by Crippen LogP contribution is 2.26. The molecule has 0 fully saturated rings. The van der Waals surface area contributed by atoms with E-state index in [2.05, 4.69) is 11.9 Å². The molecule has 2 rings (SSSR count). The molecule has 0 saturated carbocycles. The van der Waals surface area contributed by atoms with E-state index in [0.717, 1.165) is 0 Å². The lowest BCUT2D eigenvalue weighted by Gasteiger charge is -2.10. The zero-order chi connectivity index (χ0) is 14.2. The molecule has 0 heterocycles. The van der Waals surface area contributed by atoms with Crippen molar-refractivity contribution in [3.05, 3.63) is 67.3 Å². The summed E-state index contributed by atoms with van der Waals surface area (Å²) in [4.78, 5) is 11.8. The first kappa shape index (κ1) is 13.7. The molecule has 0 radical (unpaired) electrons. The van der Waals surface area contributed by atoms with E-state index in [1.54, 1.807) is 42.5 Å². The van der Waals surface area contributed by atoms with Gasteiger partial charge in [0.05, 0.1) is 0 Å². The standard InChI is InChI=1S/C16H15NO3/c1-2-12-19-14-10-6-7-11-15(14)20-16(18)17-13-8-4-3-5-9-13/h2-11H,1,12H2,(H,17,18). The summed E-state index contributed by atoms with van der Waals surface area (Å²) >= 11 is 0. The molecular formula is C16H15NO3. The van der Waals surface area contributed by atoms with E-state index >= 15 is 0 Å². The highest BCUT2D eigenvalue weighted by molar-refractivity contribution is 5.86. The molecule has 2 aromatic carbocycles. The van der Waals surface area contributed by atoms with Crippen molar-refractivity contribution in [2.75, 3.05) is 11.9 Å². The summed E-state index contributed by atoms with van der Waals surface area (Å²) in [6, 6.07) is 16.1. The lowest BCUT2D eigenvalue weighted by atomic mass is 10.3. The first-order valence-corrected chi connectivity index (χ1v) is 6.16. The van der Waals surface area contributed by atoms with E-state index in [1.807, 2.05) is 18.2 Å². The van der Waals surface area contributed by atoms with Gasteiger partial charge in [0.1, 0.15) is 6.61 Å². The van der Waals surface area contributed by atoms with E-state index in [1.165, 1.54) is 0 Å². The van der Waals surface area contributed by atoms with Crippen molar-refractivity contribution in [3.8, 4) is 11.5 Å². The van der Waals surface area contributed by atoms with Gasteiger partial charge in [-0.05, 0) is 24.3 Å². The van der Waals surface area contributed by atoms with Crippen LogP contribution in [0.2, 0.25) is 0 Å². The molecule has 0 saturated heterocycles. The molecule has 0 aliphatic heterocycles. The molecule has 20 heavy (non-hydrogen) atoms. The van der Waals surface area contributed by atoms with Crippen LogP contribution in [0.1, 0.15) is 0 Å². The molecule has 0 aliphatic carbocycles. The minimum absolute atomic E-state index is 0.348. The fourth-order valence-electron chi connectivity index (χ4n) is 1.57. The second kappa shape index (κ2) is 6.99. The molecule has 2 aromatic rings. The van der Waals surface area contributed by atoms with Gasteiger partial charge in [-0.3, -0.25) is 5.32 Å². The summed E-state index contributed by atoms with van der Waals surface area (Å²) < 4.78 is 10.7. The zero-order valence-corrected chi connectivity index (χ0v) is 10.9. The Morgan fingerprint density at radius 1 is 1.05 bits per heavy atom. The van der Waals surface area contributed by atoms with Gasteiger partial charge >= 0.3 is 6.09 Å². The van der Waals surface area contributed by atoms with Gasteiger partial charge in [-0.1, -0.05) is 43.0 Å². The third-order valence-corrected chi connectivity index (χ3v) is 2.43. The number of carbonyl (C=O) groups is 1. The van der Waals surface area contributed by atoms with Crippen LogP contribution in [0.4, 0.5) is 10.5 Å². The quantitative estimate of drug-likeness (QED) is 0.838. The van der Waals surface area contributed by atoms with Crippen LogP contribution in [0.15, 0.2) is 67.3 Å². The fraction of sp³-hybridized carbons (Fsp3) is 0.0625. The first-order valence-electron chi connectivity index (χ1n) is 6.16. The fourth-order valence-corrected chi connectivity index (χ4v) is 1.57. The van der Waals surface area contributed by atoms with Crippen LogP contribution < -0.4 is 14.8 Å². The van der Waals surface area contributed by atoms with E-state index in [0.29, 0.717) is 23.8 Å². The summed E-state index contributed by atoms with van der Waals surface area (Å²) in [5.41, 5.74) is 0.669. The number of hydrogen-bond acceptors (Lipinski definition) is 3. The van der Waals surface area contributed by atoms with E-state index in [4.69, 9.17) is 9.47 Å². The zero-order valence-electron chi connectivity index (χ0n) is 10.9. The van der Waals surface area contributed by atoms with Crippen molar-refractivity contribution in [2.24, 2.45) is 0 Å². The maximum Gasteiger partial charge on any atom is 0.417 e. The second-order valence-corrected chi connectivity index (χ2v) is 3.93. The van der Waals surface area contributed by atoms with Crippen LogP contribution in [0, 0.1) is 0 Å². The summed E-state index contributed by atoms with van der Waals surface area (Å²) in [6.07, 6.45) is 1.06. The Morgan fingerprint density at radius 3 is 2.40 bits per heavy atom. The number of nitrogens with one attached hydrogen (secondary N) is 1. The van der Waals surface area contributed by atoms with Crippen LogP contribution in [0.3, 0.4) is 0 Å². The predicted molar refractivity (Wildman–Crippen MR) is 78.2 cm³/mol. The Labute approximate surface area is 117 Å². The van der Waals surface area contributed by atoms with Crippen LogP contribution in [0.25, 0.3) is 0 Å². The van der Waals surface area contributed by atoms with Crippen molar-refractivity contribution in [2.45, 2.75) is 0 Å². The molecule has 0 aliphatic rings. The third kappa shape index (κ3) is 3.88. The molecule has 102 valence electrons. The average Bonchev–Trinajstić information content (AvgIpc) is 2.47. The van der Waals surface area contributed by atoms with Crippen molar-refractivity contribution < 1.29 is 14.3 Å². The summed E-state index contributed by atoms with van der Waals surface area (Å²) in [6.45, 7) is 3.92. The number of rotatable bonds is 5. The topological polar surface area (TPSA) is 47.6 Å². The molecule has 0 bridgehead atoms. The number of ether oxygens (including phenoxy) is 2. The third-order valence-electron chi connectivity index (χ3n) is 2.43. The van der Waals surface area contributed by atoms with Crippen molar-refractivity contribution in [3.63, 3.8) is 0 Å². The van der Waals surface area contributed by atoms with Gasteiger partial charge in [0.2, 0.25) is 0 Å². The minimum atomic E-state index is -0.564. The van der Waals surface area contributed by atoms with Crippen molar-refractivity contribution >= 4 is 11.8 Å². The Kier molecular flexibility index (Phi) is 4.78. The van der Waals surface area contributed by atoms with E-state index in [9.17, 15) is 4.79 Å². The summed E-state index contributed by atoms with van der Waals surface area (Å²) in [7, 11) is 0. The average molecular weight is 269 g/mol. The lowest BCUT2D eigenvalue weighted by molar-refractivity contribution is 0.212. The summed E-state index contributed by atoms with van der Waals surface area (Å²) in [5.74, 6) is 0.860. The molecule has 1 N–H and O–H groups in total. The number of carbonyl (C=O) groups excluding carboxylic acids is 1. The maximum absolute atomic E-state index is 11.8. The van der Waals surface area contributed by atoms with Crippen LogP contribution >= 0.6 is 0 Å². The molecule has 0 atom stereocenters. The SMILES string of the molecule is C=CCOc1ccccc1OC(=O)Nc1ccccc1. The monoisotopic (exact) mass is 269 g/mol. The highest BCUT2D eigenvalue weighted by atomic mass is 16.6. The molecule has 0 spiro atoms. The van der Waals surface area contributed by atoms with Crippen LogP contribution in [0.5, 0.6) is 11.5 Å². The Bertz CT molecular complexity index is 581. The van der Waals surface area contributed by atoms with Crippen LogP contribution in [-0.4, -0.2) is 12.7 Å². The van der Waals surface area contributed by atoms with Gasteiger partial charge < -0.3 is 9.47 Å². The van der Waals surface area contributed by atoms with Gasteiger partial charge in [0.25, 0.3) is 0 Å². The smallest absolute Gasteiger partial charge is 0.417 e. The van der Waals surface area contributed by atoms with Crippen molar-refractivity contribution in [1.29, 1.82) is 0 Å². The minimum Gasteiger partial charge on any atom is -0.486 e. The lowest BCUT2D eigenvalue weighted by Crippen LogP contribution is -2.17. The van der Waals surface area contributed by atoms with Gasteiger partial charge in [0, 0.05) is 5.69 Å². The largest absolute Gasteiger partial charge is 0.486 e. The molecular weight excluding hydrogens is 254 g/mol. The number of anilines is 1. The number of hydrogen-bond donors (Lipinski definition) is 1. The highest BCUT2D eigenvalue weighted by Gasteiger charge is 2.09. The molecule has 4 heteroatoms. The van der Waals surface area contributed by atoms with Gasteiger partial charge in [0.15, 0.2) is 11.5 Å². The number of amides is 1. The molecule has 0 aromatic heterocycles. The Balaban J connectivity index is 2.02. The molecule has 1 amide bonds.